The van der Waals surface area contributed by atoms with Gasteiger partial charge in [0.25, 0.3) is 6.33 Å². The highest BCUT2D eigenvalue weighted by Gasteiger charge is 2.32. The first kappa shape index (κ1) is 48.1. The Morgan fingerprint density at radius 1 is 0.458 bits per heavy atom. The van der Waals surface area contributed by atoms with Crippen LogP contribution in [0.2, 0.25) is 0 Å². The molecule has 0 atom stereocenters. The normalized spacial score (nSPS) is 12.7. The zero-order valence-corrected chi connectivity index (χ0v) is 44.2. The molecule has 0 amide bonds. The summed E-state index contributed by atoms with van der Waals surface area (Å²) in [5.74, 6) is 2.39. The number of benzene rings is 7. The molecule has 0 bridgehead atoms. The molecule has 0 aliphatic rings. The van der Waals surface area contributed by atoms with Crippen molar-refractivity contribution in [2.24, 2.45) is 0 Å². The van der Waals surface area contributed by atoms with E-state index in [0.717, 1.165) is 45.4 Å². The van der Waals surface area contributed by atoms with Gasteiger partial charge in [0.1, 0.15) is 17.3 Å². The SMILES string of the molecule is CC(C)(C)c1ccnc(-n2c3ccccc3c3c(C(C)(C)C)cc(Oc4cccc(-n5[c-][n+](-c6cc(C(C)(C)c7ccccc7)cc(C(C)(C)c7ccccc7)c6)cc5C(C)(C)c5ccccc5)c4)cc32)c1. The van der Waals surface area contributed by atoms with Crippen molar-refractivity contribution in [1.82, 2.24) is 14.1 Å². The minimum absolute atomic E-state index is 0.0373. The minimum atomic E-state index is -0.411. The zero-order chi connectivity index (χ0) is 50.8. The second-order valence-corrected chi connectivity index (χ2v) is 23.3. The number of nitrogens with zero attached hydrogens (tertiary/aromatic N) is 4. The van der Waals surface area contributed by atoms with Gasteiger partial charge in [-0.1, -0.05) is 204 Å². The standard InChI is InChI=1S/C67H68N4O/c1-63(2,3)49-35-36-68-61(40-49)71-58-34-23-22-33-56(58)62-57(64(4,5)6)42-55(43-59(62)71)72-54-32-24-31-52(41-54)70-45-69(44-60(70)67(11,12)48-29-20-15-21-30-48)53-38-50(65(7,8)46-25-16-13-17-26-46)37-51(39-53)66(9,10)47-27-18-14-19-28-47/h13-44H,1-12H3. The Labute approximate surface area is 427 Å². The molecule has 0 aliphatic heterocycles. The fourth-order valence-electron chi connectivity index (χ4n) is 10.5. The summed E-state index contributed by atoms with van der Waals surface area (Å²) in [5, 5.41) is 2.41. The number of hydrogen-bond acceptors (Lipinski definition) is 2. The quantitative estimate of drug-likeness (QED) is 0.0957. The molecule has 0 unspecified atom stereocenters. The first-order valence-corrected chi connectivity index (χ1v) is 25.4. The number of aromatic nitrogens is 4. The minimum Gasteiger partial charge on any atom is -0.458 e. The van der Waals surface area contributed by atoms with Gasteiger partial charge in [-0.2, -0.15) is 0 Å². The lowest BCUT2D eigenvalue weighted by Gasteiger charge is -2.32. The van der Waals surface area contributed by atoms with E-state index in [2.05, 4.69) is 291 Å². The van der Waals surface area contributed by atoms with E-state index < -0.39 is 5.41 Å². The maximum atomic E-state index is 7.07. The molecule has 72 heavy (non-hydrogen) atoms. The van der Waals surface area contributed by atoms with Crippen LogP contribution in [-0.4, -0.2) is 14.1 Å². The summed E-state index contributed by atoms with van der Waals surface area (Å²) in [6.45, 7) is 27.6. The summed E-state index contributed by atoms with van der Waals surface area (Å²) < 4.78 is 13.8. The van der Waals surface area contributed by atoms with Gasteiger partial charge in [0.15, 0.2) is 0 Å². The molecule has 5 heteroatoms. The highest BCUT2D eigenvalue weighted by atomic mass is 16.5. The Morgan fingerprint density at radius 2 is 1.03 bits per heavy atom. The van der Waals surface area contributed by atoms with E-state index in [-0.39, 0.29) is 21.7 Å². The molecular weight excluding hydrogens is 877 g/mol. The second kappa shape index (κ2) is 18.0. The van der Waals surface area contributed by atoms with Crippen LogP contribution in [0, 0.1) is 6.33 Å². The van der Waals surface area contributed by atoms with Crippen molar-refractivity contribution in [1.29, 1.82) is 0 Å². The fourth-order valence-corrected chi connectivity index (χ4v) is 10.5. The number of para-hydroxylation sites is 1. The average Bonchev–Trinajstić information content (AvgIpc) is 3.98. The van der Waals surface area contributed by atoms with Crippen LogP contribution in [0.4, 0.5) is 0 Å². The molecule has 3 aromatic heterocycles. The van der Waals surface area contributed by atoms with Crippen LogP contribution in [0.1, 0.15) is 128 Å². The van der Waals surface area contributed by atoms with E-state index in [4.69, 9.17) is 9.72 Å². The molecule has 0 fully saturated rings. The van der Waals surface area contributed by atoms with Crippen LogP contribution in [0.5, 0.6) is 11.5 Å². The van der Waals surface area contributed by atoms with Gasteiger partial charge in [0, 0.05) is 45.5 Å². The number of imidazole rings is 1. The van der Waals surface area contributed by atoms with E-state index >= 15 is 0 Å². The summed E-state index contributed by atoms with van der Waals surface area (Å²) in [7, 11) is 0. The molecule has 0 saturated heterocycles. The zero-order valence-electron chi connectivity index (χ0n) is 44.2. The highest BCUT2D eigenvalue weighted by molar-refractivity contribution is 6.11. The summed E-state index contributed by atoms with van der Waals surface area (Å²) in [6.07, 6.45) is 8.11. The Hall–Kier alpha value is -7.50. The highest BCUT2D eigenvalue weighted by Crippen LogP contribution is 2.43. The Kier molecular flexibility index (Phi) is 12.0. The van der Waals surface area contributed by atoms with Gasteiger partial charge in [-0.05, 0) is 104 Å². The van der Waals surface area contributed by atoms with Gasteiger partial charge in [-0.15, -0.1) is 0 Å². The third kappa shape index (κ3) is 8.84. The first-order valence-electron chi connectivity index (χ1n) is 25.4. The van der Waals surface area contributed by atoms with Gasteiger partial charge in [-0.25, -0.2) is 4.98 Å². The lowest BCUT2D eigenvalue weighted by atomic mass is 9.73. The van der Waals surface area contributed by atoms with Gasteiger partial charge in [0.2, 0.25) is 0 Å². The number of ether oxygens (including phenoxy) is 1. The molecule has 0 N–H and O–H groups in total. The smallest absolute Gasteiger partial charge is 0.269 e. The van der Waals surface area contributed by atoms with Crippen LogP contribution >= 0.6 is 0 Å². The molecule has 5 nitrogen and oxygen atoms in total. The molecule has 10 rings (SSSR count). The van der Waals surface area contributed by atoms with Crippen molar-refractivity contribution >= 4 is 21.8 Å². The van der Waals surface area contributed by atoms with Crippen molar-refractivity contribution in [3.63, 3.8) is 0 Å². The predicted molar refractivity (Wildman–Crippen MR) is 298 cm³/mol. The van der Waals surface area contributed by atoms with Crippen molar-refractivity contribution in [3.8, 4) is 28.7 Å². The molecule has 3 heterocycles. The van der Waals surface area contributed by atoms with Crippen LogP contribution in [0.25, 0.3) is 39.0 Å². The Morgan fingerprint density at radius 3 is 1.61 bits per heavy atom. The molecule has 0 saturated carbocycles. The van der Waals surface area contributed by atoms with Crippen LogP contribution in [0.3, 0.4) is 0 Å². The first-order chi connectivity index (χ1) is 34.2. The topological polar surface area (TPSA) is 35.9 Å². The van der Waals surface area contributed by atoms with E-state index in [1.807, 2.05) is 6.20 Å². The van der Waals surface area contributed by atoms with Crippen molar-refractivity contribution < 1.29 is 9.30 Å². The maximum absolute atomic E-state index is 7.07. The number of hydrogen-bond donors (Lipinski definition) is 0. The molecule has 362 valence electrons. The summed E-state index contributed by atoms with van der Waals surface area (Å²) >= 11 is 0. The Bertz CT molecular complexity index is 3510. The number of fused-ring (bicyclic) bond motifs is 3. The predicted octanol–water partition coefficient (Wildman–Crippen LogP) is 16.4. The van der Waals surface area contributed by atoms with Crippen molar-refractivity contribution in [2.45, 2.75) is 110 Å². The lowest BCUT2D eigenvalue weighted by Crippen LogP contribution is -2.32. The number of rotatable bonds is 11. The van der Waals surface area contributed by atoms with Crippen LogP contribution in [0.15, 0.2) is 194 Å². The maximum Gasteiger partial charge on any atom is 0.269 e. The molecule has 10 aromatic rings. The monoisotopic (exact) mass is 945 g/mol. The largest absolute Gasteiger partial charge is 0.458 e. The summed E-state index contributed by atoms with van der Waals surface area (Å²) in [5.41, 5.74) is 12.7. The van der Waals surface area contributed by atoms with Crippen molar-refractivity contribution in [2.75, 3.05) is 0 Å². The third-order valence-corrected chi connectivity index (χ3v) is 15.2. The molecule has 0 radical (unpaired) electrons. The third-order valence-electron chi connectivity index (χ3n) is 15.2. The van der Waals surface area contributed by atoms with Crippen molar-refractivity contribution in [3.05, 3.63) is 245 Å². The van der Waals surface area contributed by atoms with Gasteiger partial charge in [-0.3, -0.25) is 13.7 Å². The van der Waals surface area contributed by atoms with Crippen LogP contribution < -0.4 is 9.30 Å². The van der Waals surface area contributed by atoms with E-state index in [1.54, 1.807) is 0 Å². The lowest BCUT2D eigenvalue weighted by molar-refractivity contribution is -0.599. The Balaban J connectivity index is 1.14. The van der Waals surface area contributed by atoms with Gasteiger partial charge in [0.05, 0.1) is 28.1 Å². The molecule has 7 aromatic carbocycles. The molecular formula is C67H68N4O. The van der Waals surface area contributed by atoms with Crippen LogP contribution in [-0.2, 0) is 27.1 Å². The summed E-state index contributed by atoms with van der Waals surface area (Å²) in [4.78, 5) is 4.99. The number of pyridine rings is 1. The van der Waals surface area contributed by atoms with Gasteiger partial charge < -0.3 is 4.74 Å². The van der Waals surface area contributed by atoms with E-state index in [9.17, 15) is 0 Å². The van der Waals surface area contributed by atoms with Gasteiger partial charge >= 0.3 is 0 Å². The van der Waals surface area contributed by atoms with E-state index in [1.165, 1.54) is 49.7 Å². The average molecular weight is 945 g/mol. The summed E-state index contributed by atoms with van der Waals surface area (Å²) in [6, 6.07) is 65.6. The van der Waals surface area contributed by atoms with E-state index in [0.29, 0.717) is 0 Å². The second-order valence-electron chi connectivity index (χ2n) is 23.3. The molecule has 0 spiro atoms. The molecule has 0 aliphatic carbocycles. The fraction of sp³-hybridized carbons (Fsp3) is 0.254.